The Morgan fingerprint density at radius 3 is 2.59 bits per heavy atom. The Morgan fingerprint density at radius 1 is 1.24 bits per heavy atom. The summed E-state index contributed by atoms with van der Waals surface area (Å²) < 4.78 is 11.8. The smallest absolute Gasteiger partial charge is 0.223 e. The lowest BCUT2D eigenvalue weighted by Crippen LogP contribution is -2.39. The van der Waals surface area contributed by atoms with Gasteiger partial charge in [0, 0.05) is 39.2 Å². The zero-order valence-electron chi connectivity index (χ0n) is 18.0. The van der Waals surface area contributed by atoms with Crippen LogP contribution >= 0.6 is 24.0 Å². The summed E-state index contributed by atoms with van der Waals surface area (Å²) in [4.78, 5) is 18.0. The van der Waals surface area contributed by atoms with Gasteiger partial charge in [-0.15, -0.1) is 24.0 Å². The first-order chi connectivity index (χ1) is 13.5. The van der Waals surface area contributed by atoms with Gasteiger partial charge in [-0.2, -0.15) is 0 Å². The van der Waals surface area contributed by atoms with Crippen LogP contribution in [0.2, 0.25) is 0 Å². The fourth-order valence-electron chi connectivity index (χ4n) is 3.17. The number of para-hydroxylation sites is 1. The number of benzene rings is 1. The van der Waals surface area contributed by atoms with Crippen LogP contribution in [0.4, 0.5) is 0 Å². The lowest BCUT2D eigenvalue weighted by Gasteiger charge is -2.19. The lowest BCUT2D eigenvalue weighted by molar-refractivity contribution is -0.128. The summed E-state index contributed by atoms with van der Waals surface area (Å²) in [5.74, 6) is 2.31. The maximum atomic E-state index is 11.7. The highest BCUT2D eigenvalue weighted by atomic mass is 127. The predicted octanol–water partition coefficient (Wildman–Crippen LogP) is 3.17. The molecule has 0 aromatic heterocycles. The van der Waals surface area contributed by atoms with Gasteiger partial charge in [-0.05, 0) is 38.7 Å². The fourth-order valence-corrected chi connectivity index (χ4v) is 3.17. The molecule has 0 saturated heterocycles. The number of carbonyl (C=O) groups excluding carboxylic acids is 1. The molecule has 0 unspecified atom stereocenters. The Kier molecular flexibility index (Phi) is 11.8. The van der Waals surface area contributed by atoms with Gasteiger partial charge in [0.25, 0.3) is 0 Å². The minimum Gasteiger partial charge on any atom is -0.493 e. The molecule has 0 spiro atoms. The molecule has 0 heterocycles. The molecule has 1 aromatic carbocycles. The van der Waals surface area contributed by atoms with Crippen molar-refractivity contribution in [1.29, 1.82) is 0 Å². The van der Waals surface area contributed by atoms with E-state index in [1.165, 1.54) is 12.8 Å². The molecule has 0 atom stereocenters. The third-order valence-electron chi connectivity index (χ3n) is 4.75. The van der Waals surface area contributed by atoms with Gasteiger partial charge in [-0.1, -0.05) is 12.1 Å². The van der Waals surface area contributed by atoms with Gasteiger partial charge in [0.1, 0.15) is 0 Å². The first kappa shape index (κ1) is 25.3. The third kappa shape index (κ3) is 8.28. The number of halogens is 1. The van der Waals surface area contributed by atoms with Crippen molar-refractivity contribution in [2.45, 2.75) is 51.7 Å². The molecular formula is C21H35IN4O3. The van der Waals surface area contributed by atoms with E-state index in [2.05, 4.69) is 15.6 Å². The van der Waals surface area contributed by atoms with E-state index in [9.17, 15) is 4.79 Å². The predicted molar refractivity (Wildman–Crippen MR) is 127 cm³/mol. The SMILES string of the molecule is CCNC(=NCc1cccc(OC)c1OC1CCCC1)NCCC(=O)N(C)C.I. The van der Waals surface area contributed by atoms with Gasteiger partial charge in [0.15, 0.2) is 17.5 Å². The van der Waals surface area contributed by atoms with Crippen LogP contribution in [0.5, 0.6) is 11.5 Å². The maximum Gasteiger partial charge on any atom is 0.223 e. The van der Waals surface area contributed by atoms with Crippen LogP contribution in [-0.2, 0) is 11.3 Å². The number of hydrogen-bond donors (Lipinski definition) is 2. The van der Waals surface area contributed by atoms with Crippen LogP contribution in [-0.4, -0.2) is 57.2 Å². The molecule has 1 amide bonds. The number of nitrogens with one attached hydrogen (secondary N) is 2. The summed E-state index contributed by atoms with van der Waals surface area (Å²) >= 11 is 0. The van der Waals surface area contributed by atoms with Gasteiger partial charge in [-0.3, -0.25) is 4.79 Å². The summed E-state index contributed by atoms with van der Waals surface area (Å²) in [5.41, 5.74) is 0.993. The largest absolute Gasteiger partial charge is 0.493 e. The Bertz CT molecular complexity index is 661. The van der Waals surface area contributed by atoms with E-state index in [1.54, 1.807) is 26.1 Å². The highest BCUT2D eigenvalue weighted by Crippen LogP contribution is 2.35. The van der Waals surface area contributed by atoms with Crippen LogP contribution in [0, 0.1) is 0 Å². The number of hydrogen-bond acceptors (Lipinski definition) is 4. The minimum absolute atomic E-state index is 0. The number of methoxy groups -OCH3 is 1. The minimum atomic E-state index is 0. The first-order valence-electron chi connectivity index (χ1n) is 10.1. The van der Waals surface area contributed by atoms with Crippen LogP contribution in [0.3, 0.4) is 0 Å². The molecule has 7 nitrogen and oxygen atoms in total. The molecule has 1 aromatic rings. The Hall–Kier alpha value is -1.71. The average Bonchev–Trinajstić information content (AvgIpc) is 3.19. The molecule has 164 valence electrons. The summed E-state index contributed by atoms with van der Waals surface area (Å²) in [6, 6.07) is 5.91. The van der Waals surface area contributed by atoms with E-state index in [-0.39, 0.29) is 36.0 Å². The lowest BCUT2D eigenvalue weighted by atomic mass is 10.1. The van der Waals surface area contributed by atoms with Crippen molar-refractivity contribution in [2.24, 2.45) is 4.99 Å². The third-order valence-corrected chi connectivity index (χ3v) is 4.75. The highest BCUT2D eigenvalue weighted by molar-refractivity contribution is 14.0. The number of carbonyl (C=O) groups is 1. The summed E-state index contributed by atoms with van der Waals surface area (Å²) in [5, 5.41) is 6.44. The van der Waals surface area contributed by atoms with Crippen molar-refractivity contribution in [3.05, 3.63) is 23.8 Å². The molecule has 1 aliphatic carbocycles. The van der Waals surface area contributed by atoms with Crippen LogP contribution in [0.1, 0.15) is 44.6 Å². The molecule has 0 radical (unpaired) electrons. The second-order valence-corrected chi connectivity index (χ2v) is 7.13. The molecule has 0 bridgehead atoms. The van der Waals surface area contributed by atoms with E-state index < -0.39 is 0 Å². The summed E-state index contributed by atoms with van der Waals surface area (Å²) in [7, 11) is 5.18. The molecule has 2 rings (SSSR count). The van der Waals surface area contributed by atoms with E-state index in [0.29, 0.717) is 25.5 Å². The molecule has 29 heavy (non-hydrogen) atoms. The molecule has 1 fully saturated rings. The van der Waals surface area contributed by atoms with Crippen molar-refractivity contribution < 1.29 is 14.3 Å². The second-order valence-electron chi connectivity index (χ2n) is 7.13. The van der Waals surface area contributed by atoms with Crippen molar-refractivity contribution in [3.8, 4) is 11.5 Å². The molecule has 8 heteroatoms. The Morgan fingerprint density at radius 2 is 1.97 bits per heavy atom. The molecule has 1 aliphatic rings. The quantitative estimate of drug-likeness (QED) is 0.299. The maximum absolute atomic E-state index is 11.7. The van der Waals surface area contributed by atoms with Gasteiger partial charge in [0.2, 0.25) is 5.91 Å². The van der Waals surface area contributed by atoms with Crippen LogP contribution in [0.25, 0.3) is 0 Å². The molecule has 1 saturated carbocycles. The van der Waals surface area contributed by atoms with Gasteiger partial charge in [-0.25, -0.2) is 4.99 Å². The van der Waals surface area contributed by atoms with Crippen molar-refractivity contribution >= 4 is 35.8 Å². The first-order valence-corrected chi connectivity index (χ1v) is 10.1. The van der Waals surface area contributed by atoms with Gasteiger partial charge >= 0.3 is 0 Å². The van der Waals surface area contributed by atoms with Crippen molar-refractivity contribution in [2.75, 3.05) is 34.3 Å². The zero-order chi connectivity index (χ0) is 20.4. The highest BCUT2D eigenvalue weighted by Gasteiger charge is 2.20. The standard InChI is InChI=1S/C21H34N4O3.HI/c1-5-22-21(23-14-13-19(26)25(2)3)24-15-16-9-8-12-18(27-4)20(16)28-17-10-6-7-11-17;/h8-9,12,17H,5-7,10-11,13-15H2,1-4H3,(H2,22,23,24);1H. The van der Waals surface area contributed by atoms with Crippen molar-refractivity contribution in [3.63, 3.8) is 0 Å². The molecule has 0 aliphatic heterocycles. The van der Waals surface area contributed by atoms with E-state index in [0.717, 1.165) is 36.4 Å². The van der Waals surface area contributed by atoms with Crippen LogP contribution in [0.15, 0.2) is 23.2 Å². The normalized spacial score (nSPS) is 14.1. The number of nitrogens with zero attached hydrogens (tertiary/aromatic N) is 2. The van der Waals surface area contributed by atoms with Gasteiger partial charge in [0.05, 0.1) is 19.8 Å². The Balaban J connectivity index is 0.00000420. The zero-order valence-corrected chi connectivity index (χ0v) is 20.3. The number of ether oxygens (including phenoxy) is 2. The number of aliphatic imine (C=N–C) groups is 1. The summed E-state index contributed by atoms with van der Waals surface area (Å²) in [6.07, 6.45) is 5.28. The van der Waals surface area contributed by atoms with Crippen molar-refractivity contribution in [1.82, 2.24) is 15.5 Å². The average molecular weight is 518 g/mol. The number of amides is 1. The monoisotopic (exact) mass is 518 g/mol. The van der Waals surface area contributed by atoms with E-state index in [4.69, 9.17) is 9.47 Å². The fraction of sp³-hybridized carbons (Fsp3) is 0.619. The topological polar surface area (TPSA) is 75.2 Å². The van der Waals surface area contributed by atoms with Crippen LogP contribution < -0.4 is 20.1 Å². The van der Waals surface area contributed by atoms with E-state index >= 15 is 0 Å². The second kappa shape index (κ2) is 13.5. The molecular weight excluding hydrogens is 483 g/mol. The van der Waals surface area contributed by atoms with Gasteiger partial charge < -0.3 is 25.0 Å². The molecule has 2 N–H and O–H groups in total. The van der Waals surface area contributed by atoms with E-state index in [1.807, 2.05) is 25.1 Å². The Labute approximate surface area is 191 Å². The summed E-state index contributed by atoms with van der Waals surface area (Å²) in [6.45, 7) is 3.77. The number of rotatable bonds is 9. The number of guanidine groups is 1.